The van der Waals surface area contributed by atoms with Crippen LogP contribution in [-0.2, 0) is 22.4 Å². The molecule has 0 saturated carbocycles. The van der Waals surface area contributed by atoms with E-state index in [0.717, 1.165) is 23.3 Å². The number of phenols is 3. The molecule has 0 bridgehead atoms. The van der Waals surface area contributed by atoms with Gasteiger partial charge in [0.05, 0.1) is 33.9 Å². The van der Waals surface area contributed by atoms with Gasteiger partial charge in [-0.15, -0.1) is 0 Å². The lowest BCUT2D eigenvalue weighted by Gasteiger charge is -2.22. The standard InChI is InChI=1S/C36H32O10/c1-42-27-11-9-22(17-29(27)45-14-12-20-8-10-26-23(16-20)13-15-44-26)24(18-30(38)43-2)31-33(39)35(41)34(40)32-25(37)19-28(46-36(31)32)21-6-4-3-5-7-21/h3-11,16-17,19,24,39-41H,12-15,18H2,1-2H3. The molecule has 0 amide bonds. The van der Waals surface area contributed by atoms with Crippen molar-refractivity contribution in [1.29, 1.82) is 0 Å². The van der Waals surface area contributed by atoms with Crippen molar-refractivity contribution in [3.63, 3.8) is 0 Å². The first-order chi connectivity index (χ1) is 22.3. The SMILES string of the molecule is COC(=O)CC(c1ccc(OC)c(OCCc2ccc3c(c2)CCO3)c1)c1c(O)c(O)c(O)c2c(=O)cc(-c3ccccc3)oc12. The number of fused-ring (bicyclic) bond motifs is 2. The summed E-state index contributed by atoms with van der Waals surface area (Å²) in [5, 5.41) is 32.4. The number of ether oxygens (including phenoxy) is 4. The smallest absolute Gasteiger partial charge is 0.306 e. The largest absolute Gasteiger partial charge is 0.504 e. The maximum Gasteiger partial charge on any atom is 0.306 e. The molecule has 0 radical (unpaired) electrons. The number of phenolic OH excluding ortho intramolecular Hbond substituents is 3. The minimum absolute atomic E-state index is 0.0814. The Morgan fingerprint density at radius 1 is 0.913 bits per heavy atom. The lowest BCUT2D eigenvalue weighted by Crippen LogP contribution is -2.13. The lowest BCUT2D eigenvalue weighted by atomic mass is 9.86. The second kappa shape index (κ2) is 12.8. The zero-order valence-electron chi connectivity index (χ0n) is 25.2. The highest BCUT2D eigenvalue weighted by Gasteiger charge is 2.32. The zero-order valence-corrected chi connectivity index (χ0v) is 25.2. The molecule has 46 heavy (non-hydrogen) atoms. The molecule has 6 rings (SSSR count). The summed E-state index contributed by atoms with van der Waals surface area (Å²) < 4.78 is 28.5. The predicted octanol–water partition coefficient (Wildman–Crippen LogP) is 5.84. The lowest BCUT2D eigenvalue weighted by molar-refractivity contribution is -0.140. The molecule has 2 heterocycles. The highest BCUT2D eigenvalue weighted by atomic mass is 16.5. The summed E-state index contributed by atoms with van der Waals surface area (Å²) in [5.41, 5.74) is 2.36. The van der Waals surface area contributed by atoms with Gasteiger partial charge in [-0.2, -0.15) is 0 Å². The first-order valence-electron chi connectivity index (χ1n) is 14.7. The zero-order chi connectivity index (χ0) is 32.4. The summed E-state index contributed by atoms with van der Waals surface area (Å²) in [6, 6.07) is 21.1. The highest BCUT2D eigenvalue weighted by Crippen LogP contribution is 2.50. The fourth-order valence-electron chi connectivity index (χ4n) is 5.77. The summed E-state index contributed by atoms with van der Waals surface area (Å²) in [7, 11) is 2.73. The summed E-state index contributed by atoms with van der Waals surface area (Å²) in [6.45, 7) is 0.983. The van der Waals surface area contributed by atoms with Crippen molar-refractivity contribution in [3.05, 3.63) is 105 Å². The van der Waals surface area contributed by atoms with E-state index < -0.39 is 34.6 Å². The van der Waals surface area contributed by atoms with Crippen LogP contribution in [0, 0.1) is 0 Å². The second-order valence-electron chi connectivity index (χ2n) is 10.9. The maximum absolute atomic E-state index is 13.3. The quantitative estimate of drug-likeness (QED) is 0.128. The van der Waals surface area contributed by atoms with E-state index >= 15 is 0 Å². The first kappa shape index (κ1) is 30.4. The minimum atomic E-state index is -1.01. The molecule has 0 fully saturated rings. The minimum Gasteiger partial charge on any atom is -0.504 e. The van der Waals surface area contributed by atoms with E-state index in [1.807, 2.05) is 12.1 Å². The monoisotopic (exact) mass is 624 g/mol. The molecule has 1 aromatic heterocycles. The van der Waals surface area contributed by atoms with Gasteiger partial charge >= 0.3 is 5.97 Å². The Morgan fingerprint density at radius 2 is 1.72 bits per heavy atom. The molecule has 0 aliphatic carbocycles. The molecule has 5 aromatic rings. The van der Waals surface area contributed by atoms with Crippen molar-refractivity contribution < 1.29 is 43.5 Å². The van der Waals surface area contributed by atoms with Crippen LogP contribution >= 0.6 is 0 Å². The van der Waals surface area contributed by atoms with Crippen LogP contribution in [0.3, 0.4) is 0 Å². The Kier molecular flexibility index (Phi) is 8.43. The summed E-state index contributed by atoms with van der Waals surface area (Å²) in [4.78, 5) is 26.1. The molecular weight excluding hydrogens is 592 g/mol. The molecule has 236 valence electrons. The third-order valence-electron chi connectivity index (χ3n) is 8.13. The highest BCUT2D eigenvalue weighted by molar-refractivity contribution is 5.93. The molecule has 10 heteroatoms. The number of aromatic hydroxyl groups is 3. The summed E-state index contributed by atoms with van der Waals surface area (Å²) in [6.07, 6.45) is 1.16. The van der Waals surface area contributed by atoms with Crippen molar-refractivity contribution in [2.75, 3.05) is 27.4 Å². The fourth-order valence-corrected chi connectivity index (χ4v) is 5.77. The number of hydrogen-bond acceptors (Lipinski definition) is 10. The Labute approximate surface area is 264 Å². The number of carbonyl (C=O) groups excluding carboxylic acids is 1. The van der Waals surface area contributed by atoms with Crippen LogP contribution < -0.4 is 19.6 Å². The second-order valence-corrected chi connectivity index (χ2v) is 10.9. The first-order valence-corrected chi connectivity index (χ1v) is 14.7. The van der Waals surface area contributed by atoms with E-state index in [1.54, 1.807) is 48.5 Å². The van der Waals surface area contributed by atoms with Gasteiger partial charge in [0.2, 0.25) is 5.75 Å². The van der Waals surface area contributed by atoms with E-state index in [4.69, 9.17) is 23.4 Å². The van der Waals surface area contributed by atoms with Crippen LogP contribution in [0.4, 0.5) is 0 Å². The normalized spacial score (nSPS) is 12.7. The topological polar surface area (TPSA) is 145 Å². The molecule has 0 spiro atoms. The molecule has 1 aliphatic heterocycles. The third-order valence-corrected chi connectivity index (χ3v) is 8.13. The summed E-state index contributed by atoms with van der Waals surface area (Å²) in [5.74, 6) is -2.27. The number of esters is 1. The van der Waals surface area contributed by atoms with Crippen molar-refractivity contribution >= 4 is 16.9 Å². The van der Waals surface area contributed by atoms with Crippen molar-refractivity contribution in [3.8, 4) is 45.8 Å². The van der Waals surface area contributed by atoms with Gasteiger partial charge in [0.1, 0.15) is 22.5 Å². The Balaban J connectivity index is 1.44. The third kappa shape index (κ3) is 5.77. The van der Waals surface area contributed by atoms with Crippen molar-refractivity contribution in [2.45, 2.75) is 25.2 Å². The van der Waals surface area contributed by atoms with E-state index in [0.29, 0.717) is 42.3 Å². The van der Waals surface area contributed by atoms with Gasteiger partial charge in [0, 0.05) is 36.0 Å². The predicted molar refractivity (Wildman–Crippen MR) is 169 cm³/mol. The molecule has 4 aromatic carbocycles. The van der Waals surface area contributed by atoms with Crippen LogP contribution in [0.25, 0.3) is 22.3 Å². The molecule has 0 saturated heterocycles. The number of hydrogen-bond donors (Lipinski definition) is 3. The van der Waals surface area contributed by atoms with Gasteiger partial charge < -0.3 is 38.7 Å². The molecular formula is C36H32O10. The van der Waals surface area contributed by atoms with Crippen LogP contribution in [0.2, 0.25) is 0 Å². The molecule has 1 aliphatic rings. The maximum atomic E-state index is 13.3. The molecule has 3 N–H and O–H groups in total. The van der Waals surface area contributed by atoms with E-state index in [-0.39, 0.29) is 28.7 Å². The van der Waals surface area contributed by atoms with Gasteiger partial charge in [-0.3, -0.25) is 9.59 Å². The summed E-state index contributed by atoms with van der Waals surface area (Å²) >= 11 is 0. The average molecular weight is 625 g/mol. The Hall–Kier alpha value is -5.64. The van der Waals surface area contributed by atoms with Crippen LogP contribution in [0.1, 0.15) is 34.6 Å². The van der Waals surface area contributed by atoms with E-state index in [9.17, 15) is 24.9 Å². The molecule has 10 nitrogen and oxygen atoms in total. The Morgan fingerprint density at radius 3 is 2.48 bits per heavy atom. The van der Waals surface area contributed by atoms with Gasteiger partial charge in [-0.1, -0.05) is 48.5 Å². The Bertz CT molecular complexity index is 1980. The van der Waals surface area contributed by atoms with Crippen molar-refractivity contribution in [2.24, 2.45) is 0 Å². The van der Waals surface area contributed by atoms with Gasteiger partial charge in [-0.25, -0.2) is 0 Å². The molecule has 1 unspecified atom stereocenters. The molecule has 1 atom stereocenters. The van der Waals surface area contributed by atoms with Crippen LogP contribution in [0.5, 0.6) is 34.5 Å². The average Bonchev–Trinajstić information content (AvgIpc) is 3.55. The number of carbonyl (C=O) groups is 1. The fraction of sp³-hybridized carbons (Fsp3) is 0.222. The van der Waals surface area contributed by atoms with E-state index in [2.05, 4.69) is 6.07 Å². The number of methoxy groups -OCH3 is 2. The number of benzene rings is 4. The van der Waals surface area contributed by atoms with Gasteiger partial charge in [0.15, 0.2) is 28.4 Å². The van der Waals surface area contributed by atoms with E-state index in [1.165, 1.54) is 20.3 Å². The van der Waals surface area contributed by atoms with Gasteiger partial charge in [0.25, 0.3) is 0 Å². The van der Waals surface area contributed by atoms with Crippen molar-refractivity contribution in [1.82, 2.24) is 0 Å². The van der Waals surface area contributed by atoms with Gasteiger partial charge in [-0.05, 0) is 34.9 Å². The van der Waals surface area contributed by atoms with Crippen LogP contribution in [0.15, 0.2) is 82.0 Å². The number of rotatable bonds is 10. The van der Waals surface area contributed by atoms with Crippen LogP contribution in [-0.4, -0.2) is 48.7 Å².